The van der Waals surface area contributed by atoms with Crippen molar-refractivity contribution in [1.29, 1.82) is 0 Å². The van der Waals surface area contributed by atoms with Crippen molar-refractivity contribution in [2.75, 3.05) is 19.6 Å². The molecule has 1 aliphatic carbocycles. The monoisotopic (exact) mass is 245 g/mol. The van der Waals surface area contributed by atoms with Crippen LogP contribution in [0.4, 0.5) is 8.78 Å². The third-order valence-electron chi connectivity index (χ3n) is 4.69. The third kappa shape index (κ3) is 3.40. The van der Waals surface area contributed by atoms with Crippen LogP contribution >= 0.6 is 0 Å². The quantitative estimate of drug-likeness (QED) is 0.715. The van der Waals surface area contributed by atoms with Gasteiger partial charge >= 0.3 is 0 Å². The van der Waals surface area contributed by atoms with E-state index in [1.807, 2.05) is 4.90 Å². The largest absolute Gasteiger partial charge is 0.297 e. The highest BCUT2D eigenvalue weighted by molar-refractivity contribution is 4.85. The third-order valence-corrected chi connectivity index (χ3v) is 4.69. The smallest absolute Gasteiger partial charge is 0.263 e. The van der Waals surface area contributed by atoms with Crippen LogP contribution in [0.2, 0.25) is 0 Å². The molecule has 1 unspecified atom stereocenters. The van der Waals surface area contributed by atoms with Crippen molar-refractivity contribution in [2.45, 2.75) is 51.9 Å². The van der Waals surface area contributed by atoms with Crippen LogP contribution in [-0.4, -0.2) is 30.5 Å². The van der Waals surface area contributed by atoms with Gasteiger partial charge in [0.1, 0.15) is 0 Å². The van der Waals surface area contributed by atoms with Crippen molar-refractivity contribution in [1.82, 2.24) is 4.90 Å². The van der Waals surface area contributed by atoms with E-state index in [1.165, 1.54) is 25.7 Å². The van der Waals surface area contributed by atoms with Gasteiger partial charge in [-0.1, -0.05) is 26.7 Å². The molecular formula is C14H25F2N. The van der Waals surface area contributed by atoms with Gasteiger partial charge in [-0.25, -0.2) is 8.78 Å². The van der Waals surface area contributed by atoms with Gasteiger partial charge in [-0.3, -0.25) is 4.90 Å². The Bertz CT molecular complexity index is 247. The van der Waals surface area contributed by atoms with Gasteiger partial charge in [0.05, 0.1) is 6.54 Å². The SMILES string of the molecule is CC1CCC(CN2CCC(C)C(F)(F)C2)CC1. The summed E-state index contributed by atoms with van der Waals surface area (Å²) in [5.41, 5.74) is 0. The number of piperidine rings is 1. The molecule has 0 aromatic heterocycles. The van der Waals surface area contributed by atoms with Crippen LogP contribution in [0.1, 0.15) is 46.0 Å². The van der Waals surface area contributed by atoms with Gasteiger partial charge < -0.3 is 0 Å². The molecule has 1 aliphatic heterocycles. The van der Waals surface area contributed by atoms with E-state index in [2.05, 4.69) is 6.92 Å². The first-order valence-electron chi connectivity index (χ1n) is 7.07. The van der Waals surface area contributed by atoms with Crippen molar-refractivity contribution in [3.8, 4) is 0 Å². The maximum Gasteiger partial charge on any atom is 0.263 e. The fraction of sp³-hybridized carbons (Fsp3) is 1.00. The molecule has 0 spiro atoms. The Balaban J connectivity index is 1.80. The molecule has 0 bridgehead atoms. The highest BCUT2D eigenvalue weighted by atomic mass is 19.3. The number of alkyl halides is 2. The molecule has 3 heteroatoms. The Kier molecular flexibility index (Phi) is 4.06. The Labute approximate surface area is 104 Å². The normalized spacial score (nSPS) is 39.2. The molecule has 1 heterocycles. The minimum Gasteiger partial charge on any atom is -0.297 e. The summed E-state index contributed by atoms with van der Waals surface area (Å²) in [4.78, 5) is 2.00. The Morgan fingerprint density at radius 1 is 1.06 bits per heavy atom. The molecule has 0 amide bonds. The molecule has 100 valence electrons. The molecule has 1 atom stereocenters. The lowest BCUT2D eigenvalue weighted by molar-refractivity contribution is -0.107. The number of hydrogen-bond acceptors (Lipinski definition) is 1. The van der Waals surface area contributed by atoms with Gasteiger partial charge in [-0.05, 0) is 37.6 Å². The predicted molar refractivity (Wildman–Crippen MR) is 66.3 cm³/mol. The zero-order valence-electron chi connectivity index (χ0n) is 11.1. The second-order valence-electron chi connectivity index (χ2n) is 6.31. The van der Waals surface area contributed by atoms with Crippen LogP contribution in [0, 0.1) is 17.8 Å². The number of likely N-dealkylation sites (tertiary alicyclic amines) is 1. The van der Waals surface area contributed by atoms with Gasteiger partial charge in [0, 0.05) is 12.5 Å². The standard InChI is InChI=1S/C14H25F2N/c1-11-3-5-13(6-4-11)9-17-8-7-12(2)14(15,16)10-17/h11-13H,3-10H2,1-2H3. The van der Waals surface area contributed by atoms with E-state index in [0.717, 1.165) is 19.0 Å². The minimum atomic E-state index is -2.47. The van der Waals surface area contributed by atoms with Crippen molar-refractivity contribution < 1.29 is 8.78 Å². The maximum atomic E-state index is 13.6. The van der Waals surface area contributed by atoms with E-state index in [0.29, 0.717) is 12.3 Å². The minimum absolute atomic E-state index is 0.0137. The van der Waals surface area contributed by atoms with Gasteiger partial charge in [-0.15, -0.1) is 0 Å². The van der Waals surface area contributed by atoms with Gasteiger partial charge in [0.15, 0.2) is 0 Å². The lowest BCUT2D eigenvalue weighted by Crippen LogP contribution is -2.49. The zero-order chi connectivity index (χ0) is 12.5. The van der Waals surface area contributed by atoms with Crippen LogP contribution in [-0.2, 0) is 0 Å². The molecule has 2 aliphatic rings. The van der Waals surface area contributed by atoms with E-state index >= 15 is 0 Å². The zero-order valence-corrected chi connectivity index (χ0v) is 11.1. The van der Waals surface area contributed by atoms with E-state index in [9.17, 15) is 8.78 Å². The molecular weight excluding hydrogens is 220 g/mol. The first-order chi connectivity index (χ1) is 7.97. The maximum absolute atomic E-state index is 13.6. The fourth-order valence-electron chi connectivity index (χ4n) is 3.15. The van der Waals surface area contributed by atoms with E-state index in [1.54, 1.807) is 6.92 Å². The lowest BCUT2D eigenvalue weighted by atomic mass is 9.82. The van der Waals surface area contributed by atoms with E-state index in [4.69, 9.17) is 0 Å². The average molecular weight is 245 g/mol. The van der Waals surface area contributed by atoms with Gasteiger partial charge in [-0.2, -0.15) is 0 Å². The molecule has 1 saturated heterocycles. The highest BCUT2D eigenvalue weighted by Gasteiger charge is 2.42. The molecule has 17 heavy (non-hydrogen) atoms. The predicted octanol–water partition coefficient (Wildman–Crippen LogP) is 3.79. The highest BCUT2D eigenvalue weighted by Crippen LogP contribution is 2.34. The number of rotatable bonds is 2. The van der Waals surface area contributed by atoms with Crippen LogP contribution in [0.25, 0.3) is 0 Å². The summed E-state index contributed by atoms with van der Waals surface area (Å²) < 4.78 is 27.2. The van der Waals surface area contributed by atoms with Crippen molar-refractivity contribution >= 4 is 0 Å². The Morgan fingerprint density at radius 3 is 2.29 bits per heavy atom. The number of halogens is 2. The first kappa shape index (κ1) is 13.3. The van der Waals surface area contributed by atoms with Crippen LogP contribution in [0.5, 0.6) is 0 Å². The summed E-state index contributed by atoms with van der Waals surface area (Å²) in [7, 11) is 0. The topological polar surface area (TPSA) is 3.24 Å². The van der Waals surface area contributed by atoms with Crippen LogP contribution < -0.4 is 0 Å². The summed E-state index contributed by atoms with van der Waals surface area (Å²) in [6.45, 7) is 5.73. The molecule has 2 fully saturated rings. The second-order valence-corrected chi connectivity index (χ2v) is 6.31. The number of hydrogen-bond donors (Lipinski definition) is 0. The van der Waals surface area contributed by atoms with Crippen LogP contribution in [0.3, 0.4) is 0 Å². The first-order valence-corrected chi connectivity index (χ1v) is 7.07. The summed E-state index contributed by atoms with van der Waals surface area (Å²) in [6.07, 6.45) is 5.68. The molecule has 2 rings (SSSR count). The summed E-state index contributed by atoms with van der Waals surface area (Å²) in [5.74, 6) is -1.41. The fourth-order valence-corrected chi connectivity index (χ4v) is 3.15. The van der Waals surface area contributed by atoms with Gasteiger partial charge in [0.25, 0.3) is 5.92 Å². The second kappa shape index (κ2) is 5.21. The average Bonchev–Trinajstić information content (AvgIpc) is 2.26. The summed E-state index contributed by atoms with van der Waals surface area (Å²) in [5, 5.41) is 0. The molecule has 0 radical (unpaired) electrons. The van der Waals surface area contributed by atoms with E-state index in [-0.39, 0.29) is 6.54 Å². The molecule has 0 aromatic carbocycles. The molecule has 0 aromatic rings. The van der Waals surface area contributed by atoms with Crippen LogP contribution in [0.15, 0.2) is 0 Å². The van der Waals surface area contributed by atoms with Crippen molar-refractivity contribution in [2.24, 2.45) is 17.8 Å². The van der Waals surface area contributed by atoms with E-state index < -0.39 is 11.8 Å². The molecule has 1 nitrogen and oxygen atoms in total. The van der Waals surface area contributed by atoms with Crippen molar-refractivity contribution in [3.63, 3.8) is 0 Å². The summed E-state index contributed by atoms with van der Waals surface area (Å²) >= 11 is 0. The number of nitrogens with zero attached hydrogens (tertiary/aromatic N) is 1. The lowest BCUT2D eigenvalue weighted by Gasteiger charge is -2.39. The Morgan fingerprint density at radius 2 is 1.71 bits per heavy atom. The van der Waals surface area contributed by atoms with Crippen molar-refractivity contribution in [3.05, 3.63) is 0 Å². The molecule has 0 N–H and O–H groups in total. The summed E-state index contributed by atoms with van der Waals surface area (Å²) in [6, 6.07) is 0. The Hall–Kier alpha value is -0.180. The molecule has 1 saturated carbocycles. The van der Waals surface area contributed by atoms with Gasteiger partial charge in [0.2, 0.25) is 0 Å².